The van der Waals surface area contributed by atoms with Crippen molar-refractivity contribution in [3.63, 3.8) is 0 Å². The van der Waals surface area contributed by atoms with Crippen molar-refractivity contribution in [2.75, 3.05) is 45.8 Å². The van der Waals surface area contributed by atoms with Crippen molar-refractivity contribution in [2.24, 2.45) is 11.3 Å². The zero-order chi connectivity index (χ0) is 25.4. The van der Waals surface area contributed by atoms with Crippen molar-refractivity contribution >= 4 is 23.7 Å². The van der Waals surface area contributed by atoms with Gasteiger partial charge in [-0.05, 0) is 35.8 Å². The SMILES string of the molecule is O=C1CC(C(=O)N2CCC3(CC2)CC3C(=O)N2CCN(CC=Cc3ccccc3)CC2)c2ccccc21. The molecular formula is C31H35N3O3. The van der Waals surface area contributed by atoms with Crippen LogP contribution in [0.15, 0.2) is 60.7 Å². The first-order valence-electron chi connectivity index (χ1n) is 13.7. The van der Waals surface area contributed by atoms with Crippen LogP contribution in [0.2, 0.25) is 0 Å². The predicted octanol–water partition coefficient (Wildman–Crippen LogP) is 3.84. The zero-order valence-electron chi connectivity index (χ0n) is 21.4. The van der Waals surface area contributed by atoms with Crippen LogP contribution in [-0.2, 0) is 9.59 Å². The van der Waals surface area contributed by atoms with Crippen molar-refractivity contribution < 1.29 is 14.4 Å². The molecule has 2 unspecified atom stereocenters. The first kappa shape index (κ1) is 24.1. The fourth-order valence-electron chi connectivity index (χ4n) is 6.60. The molecule has 0 aromatic heterocycles. The maximum atomic E-state index is 13.3. The Morgan fingerprint density at radius 3 is 2.27 bits per heavy atom. The summed E-state index contributed by atoms with van der Waals surface area (Å²) in [5.74, 6) is 0.238. The maximum Gasteiger partial charge on any atom is 0.230 e. The number of carbonyl (C=O) groups excluding carboxylic acids is 3. The molecule has 3 fully saturated rings. The first-order valence-corrected chi connectivity index (χ1v) is 13.7. The summed E-state index contributed by atoms with van der Waals surface area (Å²) in [6.45, 7) is 5.71. The lowest BCUT2D eigenvalue weighted by molar-refractivity contribution is -0.136. The zero-order valence-corrected chi connectivity index (χ0v) is 21.4. The minimum absolute atomic E-state index is 0.0718. The summed E-state index contributed by atoms with van der Waals surface area (Å²) in [6, 6.07) is 17.9. The quantitative estimate of drug-likeness (QED) is 0.630. The number of nitrogens with zero attached hydrogens (tertiary/aromatic N) is 3. The van der Waals surface area contributed by atoms with E-state index < -0.39 is 0 Å². The number of Topliss-reactive ketones (excluding diaryl/α,β-unsaturated/α-hetero) is 1. The van der Waals surface area contributed by atoms with Crippen LogP contribution in [-0.4, -0.2) is 78.1 Å². The lowest BCUT2D eigenvalue weighted by atomic mass is 9.89. The summed E-state index contributed by atoms with van der Waals surface area (Å²) in [7, 11) is 0. The largest absolute Gasteiger partial charge is 0.342 e. The first-order chi connectivity index (χ1) is 18.0. The molecule has 6 rings (SSSR count). The summed E-state index contributed by atoms with van der Waals surface area (Å²) >= 11 is 0. The average Bonchev–Trinajstić information content (AvgIpc) is 3.53. The molecule has 1 spiro atoms. The molecule has 0 N–H and O–H groups in total. The molecule has 2 aliphatic heterocycles. The van der Waals surface area contributed by atoms with E-state index in [4.69, 9.17) is 0 Å². The molecule has 1 saturated carbocycles. The van der Waals surface area contributed by atoms with E-state index in [1.54, 1.807) is 0 Å². The van der Waals surface area contributed by atoms with E-state index in [-0.39, 0.29) is 35.4 Å². The number of piperidine rings is 1. The van der Waals surface area contributed by atoms with Gasteiger partial charge in [-0.1, -0.05) is 66.7 Å². The normalized spacial score (nSPS) is 25.0. The Labute approximate surface area is 218 Å². The number of likely N-dealkylation sites (tertiary alicyclic amines) is 1. The molecule has 2 amide bonds. The molecule has 37 heavy (non-hydrogen) atoms. The Morgan fingerprint density at radius 2 is 1.51 bits per heavy atom. The highest BCUT2D eigenvalue weighted by molar-refractivity contribution is 6.06. The van der Waals surface area contributed by atoms with Crippen LogP contribution in [0.3, 0.4) is 0 Å². The molecule has 6 nitrogen and oxygen atoms in total. The molecular weight excluding hydrogens is 462 g/mol. The van der Waals surface area contributed by atoms with E-state index in [1.807, 2.05) is 47.4 Å². The van der Waals surface area contributed by atoms with Crippen molar-refractivity contribution in [1.29, 1.82) is 0 Å². The molecule has 0 radical (unpaired) electrons. The number of carbonyl (C=O) groups is 3. The van der Waals surface area contributed by atoms with E-state index in [9.17, 15) is 14.4 Å². The van der Waals surface area contributed by atoms with Gasteiger partial charge in [-0.15, -0.1) is 0 Å². The van der Waals surface area contributed by atoms with E-state index in [0.717, 1.165) is 57.5 Å². The summed E-state index contributed by atoms with van der Waals surface area (Å²) < 4.78 is 0. The highest BCUT2D eigenvalue weighted by Gasteiger charge is 2.59. The van der Waals surface area contributed by atoms with E-state index in [1.165, 1.54) is 5.56 Å². The van der Waals surface area contributed by atoms with Gasteiger partial charge >= 0.3 is 0 Å². The average molecular weight is 498 g/mol. The number of fused-ring (bicyclic) bond motifs is 1. The summed E-state index contributed by atoms with van der Waals surface area (Å²) in [4.78, 5) is 45.4. The third-order valence-corrected chi connectivity index (χ3v) is 9.04. The van der Waals surface area contributed by atoms with Crippen LogP contribution in [0.5, 0.6) is 0 Å². The topological polar surface area (TPSA) is 60.9 Å². The van der Waals surface area contributed by atoms with E-state index in [2.05, 4.69) is 34.1 Å². The van der Waals surface area contributed by atoms with Crippen LogP contribution in [0, 0.1) is 11.3 Å². The standard InChI is InChI=1S/C31H35N3O3/c35-28-21-26(24-10-4-5-11-25(24)28)29(36)33-15-12-31(13-16-33)22-27(31)30(37)34-19-17-32(18-20-34)14-6-9-23-7-2-1-3-8-23/h1-11,26-27H,12-22H2. The minimum Gasteiger partial charge on any atom is -0.342 e. The van der Waals surface area contributed by atoms with Crippen molar-refractivity contribution in [1.82, 2.24) is 14.7 Å². The van der Waals surface area contributed by atoms with Gasteiger partial charge in [-0.3, -0.25) is 19.3 Å². The highest BCUT2D eigenvalue weighted by Crippen LogP contribution is 2.60. The van der Waals surface area contributed by atoms with Crippen LogP contribution in [0.25, 0.3) is 6.08 Å². The number of benzene rings is 2. The van der Waals surface area contributed by atoms with Gasteiger partial charge in [0.05, 0.1) is 5.92 Å². The highest BCUT2D eigenvalue weighted by atomic mass is 16.2. The summed E-state index contributed by atoms with van der Waals surface area (Å²) in [6.07, 6.45) is 7.39. The molecule has 2 aliphatic carbocycles. The second kappa shape index (κ2) is 9.90. The van der Waals surface area contributed by atoms with Gasteiger partial charge in [-0.25, -0.2) is 0 Å². The lowest BCUT2D eigenvalue weighted by Gasteiger charge is -2.36. The van der Waals surface area contributed by atoms with Gasteiger partial charge in [0.15, 0.2) is 5.78 Å². The molecule has 2 saturated heterocycles. The van der Waals surface area contributed by atoms with E-state index in [0.29, 0.717) is 24.6 Å². The van der Waals surface area contributed by atoms with Crippen molar-refractivity contribution in [3.8, 4) is 0 Å². The number of piperazine rings is 1. The Balaban J connectivity index is 0.970. The predicted molar refractivity (Wildman–Crippen MR) is 143 cm³/mol. The van der Waals surface area contributed by atoms with Gasteiger partial charge in [0.2, 0.25) is 11.8 Å². The molecule has 2 aromatic carbocycles. The van der Waals surface area contributed by atoms with Gasteiger partial charge in [0, 0.05) is 63.7 Å². The number of hydrogen-bond acceptors (Lipinski definition) is 4. The third kappa shape index (κ3) is 4.75. The van der Waals surface area contributed by atoms with Crippen molar-refractivity contribution in [2.45, 2.75) is 31.6 Å². The number of ketones is 1. The molecule has 2 atom stereocenters. The maximum absolute atomic E-state index is 13.3. The van der Waals surface area contributed by atoms with Crippen LogP contribution in [0.4, 0.5) is 0 Å². The number of amides is 2. The van der Waals surface area contributed by atoms with Crippen LogP contribution < -0.4 is 0 Å². The fraction of sp³-hybridized carbons (Fsp3) is 0.452. The lowest BCUT2D eigenvalue weighted by Crippen LogP contribution is -2.50. The smallest absolute Gasteiger partial charge is 0.230 e. The second-order valence-corrected chi connectivity index (χ2v) is 11.2. The van der Waals surface area contributed by atoms with Gasteiger partial charge < -0.3 is 9.80 Å². The van der Waals surface area contributed by atoms with Gasteiger partial charge in [0.25, 0.3) is 0 Å². The van der Waals surface area contributed by atoms with Crippen molar-refractivity contribution in [3.05, 3.63) is 77.4 Å². The Bertz CT molecular complexity index is 1210. The molecule has 2 heterocycles. The molecule has 6 heteroatoms. The van der Waals surface area contributed by atoms with Gasteiger partial charge in [-0.2, -0.15) is 0 Å². The summed E-state index contributed by atoms with van der Waals surface area (Å²) in [5.41, 5.74) is 2.87. The van der Waals surface area contributed by atoms with Gasteiger partial charge in [0.1, 0.15) is 0 Å². The fourth-order valence-corrected chi connectivity index (χ4v) is 6.60. The monoisotopic (exact) mass is 497 g/mol. The Kier molecular flexibility index (Phi) is 6.45. The Morgan fingerprint density at radius 1 is 0.838 bits per heavy atom. The number of hydrogen-bond donors (Lipinski definition) is 0. The second-order valence-electron chi connectivity index (χ2n) is 11.2. The van der Waals surface area contributed by atoms with Crippen LogP contribution >= 0.6 is 0 Å². The Hall–Kier alpha value is -3.25. The molecule has 0 bridgehead atoms. The molecule has 2 aromatic rings. The number of rotatable bonds is 5. The molecule has 192 valence electrons. The van der Waals surface area contributed by atoms with E-state index >= 15 is 0 Å². The third-order valence-electron chi connectivity index (χ3n) is 9.04. The minimum atomic E-state index is -0.340. The van der Waals surface area contributed by atoms with Crippen LogP contribution in [0.1, 0.15) is 53.1 Å². The molecule has 4 aliphatic rings. The summed E-state index contributed by atoms with van der Waals surface area (Å²) in [5, 5.41) is 0.